The first-order chi connectivity index (χ1) is 9.73. The van der Waals surface area contributed by atoms with Gasteiger partial charge in [0.2, 0.25) is 0 Å². The van der Waals surface area contributed by atoms with Gasteiger partial charge in [-0.1, -0.05) is 0 Å². The van der Waals surface area contributed by atoms with Gasteiger partial charge in [0.05, 0.1) is 6.07 Å². The largest absolute Gasteiger partial charge is 0.302 e. The average Bonchev–Trinajstić information content (AvgIpc) is 2.47. The van der Waals surface area contributed by atoms with Gasteiger partial charge >= 0.3 is 0 Å². The molecule has 4 bridgehead atoms. The van der Waals surface area contributed by atoms with Crippen LogP contribution in [0.1, 0.15) is 57.8 Å². The zero-order valence-electron chi connectivity index (χ0n) is 12.8. The lowest BCUT2D eigenvalue weighted by Gasteiger charge is -2.57. The van der Waals surface area contributed by atoms with Gasteiger partial charge in [-0.25, -0.2) is 0 Å². The fourth-order valence-corrected chi connectivity index (χ4v) is 6.67. The maximum Gasteiger partial charge on any atom is 0.106 e. The Morgan fingerprint density at radius 2 is 1.45 bits per heavy atom. The first-order valence-electron chi connectivity index (χ1n) is 8.83. The Bertz CT molecular complexity index is 386. The van der Waals surface area contributed by atoms with Crippen LogP contribution in [0.25, 0.3) is 0 Å². The fourth-order valence-electron chi connectivity index (χ4n) is 6.67. The first kappa shape index (κ1) is 13.1. The molecule has 0 saturated heterocycles. The van der Waals surface area contributed by atoms with Gasteiger partial charge in [0.1, 0.15) is 5.54 Å². The van der Waals surface area contributed by atoms with E-state index in [4.69, 9.17) is 0 Å². The standard InChI is InChI=1S/C18H28N2/c1-20-18(11-19)4-2-14(3-5-18)17-15-7-12-6-13(9-15)10-16(17)8-12/h12-17,20H,2-10H2,1H3. The van der Waals surface area contributed by atoms with E-state index in [0.717, 1.165) is 48.3 Å². The lowest BCUT2D eigenvalue weighted by Crippen LogP contribution is -2.51. The molecule has 1 N–H and O–H groups in total. The van der Waals surface area contributed by atoms with Crippen molar-refractivity contribution in [2.45, 2.75) is 63.3 Å². The Kier molecular flexibility index (Phi) is 3.11. The van der Waals surface area contributed by atoms with Crippen LogP contribution in [0.15, 0.2) is 0 Å². The van der Waals surface area contributed by atoms with Crippen LogP contribution >= 0.6 is 0 Å². The maximum absolute atomic E-state index is 9.43. The van der Waals surface area contributed by atoms with Gasteiger partial charge < -0.3 is 5.32 Å². The summed E-state index contributed by atoms with van der Waals surface area (Å²) in [5.74, 6) is 6.25. The molecule has 5 saturated carbocycles. The third-order valence-corrected chi connectivity index (χ3v) is 7.42. The highest BCUT2D eigenvalue weighted by Gasteiger charge is 2.51. The smallest absolute Gasteiger partial charge is 0.106 e. The average molecular weight is 272 g/mol. The molecule has 0 aromatic rings. The Morgan fingerprint density at radius 1 is 0.900 bits per heavy atom. The van der Waals surface area contributed by atoms with Crippen molar-refractivity contribution in [1.82, 2.24) is 5.32 Å². The molecule has 0 spiro atoms. The number of nitrogens with one attached hydrogen (secondary N) is 1. The molecular weight excluding hydrogens is 244 g/mol. The fraction of sp³-hybridized carbons (Fsp3) is 0.944. The summed E-state index contributed by atoms with van der Waals surface area (Å²) in [6, 6.07) is 2.54. The summed E-state index contributed by atoms with van der Waals surface area (Å²) in [6.07, 6.45) is 12.5. The van der Waals surface area contributed by atoms with E-state index in [1.807, 2.05) is 7.05 Å². The van der Waals surface area contributed by atoms with E-state index in [1.54, 1.807) is 32.1 Å². The van der Waals surface area contributed by atoms with Crippen LogP contribution in [0.3, 0.4) is 0 Å². The highest BCUT2D eigenvalue weighted by molar-refractivity contribution is 5.10. The predicted molar refractivity (Wildman–Crippen MR) is 79.9 cm³/mol. The van der Waals surface area contributed by atoms with Gasteiger partial charge in [0.15, 0.2) is 0 Å². The summed E-state index contributed by atoms with van der Waals surface area (Å²) in [7, 11) is 1.96. The molecule has 0 aromatic heterocycles. The molecule has 0 amide bonds. The number of hydrogen-bond acceptors (Lipinski definition) is 2. The highest BCUT2D eigenvalue weighted by atomic mass is 14.9. The molecule has 5 aliphatic rings. The molecule has 0 heterocycles. The molecule has 0 aliphatic heterocycles. The van der Waals surface area contributed by atoms with Gasteiger partial charge in [-0.3, -0.25) is 0 Å². The Labute approximate surface area is 123 Å². The predicted octanol–water partition coefficient (Wildman–Crippen LogP) is 3.73. The van der Waals surface area contributed by atoms with Crippen LogP contribution < -0.4 is 5.32 Å². The second-order valence-electron chi connectivity index (χ2n) is 8.29. The maximum atomic E-state index is 9.43. The lowest BCUT2D eigenvalue weighted by atomic mass is 9.48. The zero-order chi connectivity index (χ0) is 13.7. The molecule has 5 fully saturated rings. The molecule has 110 valence electrons. The van der Waals surface area contributed by atoms with Crippen LogP contribution in [0.4, 0.5) is 0 Å². The van der Waals surface area contributed by atoms with Crippen molar-refractivity contribution < 1.29 is 0 Å². The van der Waals surface area contributed by atoms with Crippen LogP contribution in [0.5, 0.6) is 0 Å². The Hall–Kier alpha value is -0.550. The normalized spacial score (nSPS) is 53.8. The van der Waals surface area contributed by atoms with E-state index in [1.165, 1.54) is 12.8 Å². The molecule has 0 atom stereocenters. The molecule has 5 rings (SSSR count). The highest BCUT2D eigenvalue weighted by Crippen LogP contribution is 2.60. The molecule has 5 aliphatic carbocycles. The molecule has 20 heavy (non-hydrogen) atoms. The monoisotopic (exact) mass is 272 g/mol. The number of rotatable bonds is 2. The SMILES string of the molecule is CNC1(C#N)CCC(C2C3CC4CC(C3)CC2C4)CC1. The van der Waals surface area contributed by atoms with Crippen molar-refractivity contribution in [3.63, 3.8) is 0 Å². The molecule has 2 heteroatoms. The van der Waals surface area contributed by atoms with Gasteiger partial charge in [-0.2, -0.15) is 5.26 Å². The molecule has 0 unspecified atom stereocenters. The minimum Gasteiger partial charge on any atom is -0.302 e. The van der Waals surface area contributed by atoms with Gasteiger partial charge in [0, 0.05) is 0 Å². The molecule has 0 radical (unpaired) electrons. The second kappa shape index (κ2) is 4.73. The summed E-state index contributed by atoms with van der Waals surface area (Å²) < 4.78 is 0. The minimum atomic E-state index is -0.206. The lowest BCUT2D eigenvalue weighted by molar-refractivity contribution is -0.0705. The van der Waals surface area contributed by atoms with Crippen molar-refractivity contribution in [1.29, 1.82) is 5.26 Å². The van der Waals surface area contributed by atoms with E-state index >= 15 is 0 Å². The topological polar surface area (TPSA) is 35.8 Å². The summed E-state index contributed by atoms with van der Waals surface area (Å²) >= 11 is 0. The third kappa shape index (κ3) is 1.93. The number of nitrogens with zero attached hydrogens (tertiary/aromatic N) is 1. The first-order valence-corrected chi connectivity index (χ1v) is 8.83. The number of nitriles is 1. The van der Waals surface area contributed by atoms with Crippen LogP contribution in [0, 0.1) is 46.8 Å². The zero-order valence-corrected chi connectivity index (χ0v) is 12.8. The van der Waals surface area contributed by atoms with Crippen LogP contribution in [-0.4, -0.2) is 12.6 Å². The van der Waals surface area contributed by atoms with E-state index in [9.17, 15) is 5.26 Å². The number of hydrogen-bond donors (Lipinski definition) is 1. The molecular formula is C18H28N2. The van der Waals surface area contributed by atoms with Crippen molar-refractivity contribution >= 4 is 0 Å². The minimum absolute atomic E-state index is 0.206. The second-order valence-corrected chi connectivity index (χ2v) is 8.29. The Balaban J connectivity index is 1.46. The van der Waals surface area contributed by atoms with Crippen molar-refractivity contribution in [3.05, 3.63) is 0 Å². The van der Waals surface area contributed by atoms with Gasteiger partial charge in [-0.15, -0.1) is 0 Å². The van der Waals surface area contributed by atoms with E-state index in [2.05, 4.69) is 11.4 Å². The summed E-state index contributed by atoms with van der Waals surface area (Å²) in [6.45, 7) is 0. The van der Waals surface area contributed by atoms with E-state index < -0.39 is 0 Å². The quantitative estimate of drug-likeness (QED) is 0.831. The van der Waals surface area contributed by atoms with Gasteiger partial charge in [-0.05, 0) is 100 Å². The summed E-state index contributed by atoms with van der Waals surface area (Å²) in [5, 5.41) is 12.7. The van der Waals surface area contributed by atoms with Gasteiger partial charge in [0.25, 0.3) is 0 Å². The molecule has 2 nitrogen and oxygen atoms in total. The summed E-state index contributed by atoms with van der Waals surface area (Å²) in [5.41, 5.74) is -0.206. The Morgan fingerprint density at radius 3 is 1.90 bits per heavy atom. The van der Waals surface area contributed by atoms with Crippen molar-refractivity contribution in [2.24, 2.45) is 35.5 Å². The third-order valence-electron chi connectivity index (χ3n) is 7.42. The van der Waals surface area contributed by atoms with E-state index in [-0.39, 0.29) is 5.54 Å². The van der Waals surface area contributed by atoms with Crippen molar-refractivity contribution in [2.75, 3.05) is 7.05 Å². The summed E-state index contributed by atoms with van der Waals surface area (Å²) in [4.78, 5) is 0. The molecule has 0 aromatic carbocycles. The van der Waals surface area contributed by atoms with Crippen molar-refractivity contribution in [3.8, 4) is 6.07 Å². The van der Waals surface area contributed by atoms with Crippen LogP contribution in [0.2, 0.25) is 0 Å². The van der Waals surface area contributed by atoms with E-state index in [0.29, 0.717) is 0 Å². The van der Waals surface area contributed by atoms with Crippen LogP contribution in [-0.2, 0) is 0 Å².